The average Bonchev–Trinajstić information content (AvgIpc) is 1.99. The first-order chi connectivity index (χ1) is 6.37. The van der Waals surface area contributed by atoms with Crippen LogP contribution in [0.4, 0.5) is 4.79 Å². The molecule has 0 spiro atoms. The summed E-state index contributed by atoms with van der Waals surface area (Å²) in [5, 5.41) is 0. The first-order valence-electron chi connectivity index (χ1n) is 4.06. The van der Waals surface area contributed by atoms with Crippen molar-refractivity contribution in [2.24, 2.45) is 5.73 Å². The van der Waals surface area contributed by atoms with Gasteiger partial charge in [0.25, 0.3) is 0 Å². The van der Waals surface area contributed by atoms with Crippen molar-refractivity contribution in [2.75, 3.05) is 6.61 Å². The van der Waals surface area contributed by atoms with Crippen molar-refractivity contribution in [1.82, 2.24) is 0 Å². The van der Waals surface area contributed by atoms with Gasteiger partial charge in [-0.25, -0.2) is 9.59 Å². The molecule has 0 atom stereocenters. The molecule has 0 unspecified atom stereocenters. The third-order valence-corrected chi connectivity index (χ3v) is 1.10. The Balaban J connectivity index is 4.32. The van der Waals surface area contributed by atoms with Gasteiger partial charge in [-0.1, -0.05) is 0 Å². The van der Waals surface area contributed by atoms with Crippen LogP contribution in [-0.4, -0.2) is 24.3 Å². The van der Waals surface area contributed by atoms with Crippen LogP contribution in [-0.2, 0) is 14.3 Å². The highest BCUT2D eigenvalue weighted by molar-refractivity contribution is 5.88. The molecular formula is C9H13NO4. The molecule has 0 aromatic carbocycles. The van der Waals surface area contributed by atoms with Gasteiger partial charge in [0, 0.05) is 5.92 Å². The molecule has 14 heavy (non-hydrogen) atoms. The molecule has 0 saturated carbocycles. The zero-order valence-corrected chi connectivity index (χ0v) is 8.42. The minimum Gasteiger partial charge on any atom is -0.456 e. The van der Waals surface area contributed by atoms with Crippen molar-refractivity contribution in [2.45, 2.75) is 26.4 Å². The maximum absolute atomic E-state index is 10.8. The Morgan fingerprint density at radius 3 is 2.43 bits per heavy atom. The minimum absolute atomic E-state index is 0.255. The third kappa shape index (κ3) is 5.89. The zero-order chi connectivity index (χ0) is 11.2. The number of primary amides is 1. The van der Waals surface area contributed by atoms with Gasteiger partial charge in [0.2, 0.25) is 0 Å². The molecule has 0 saturated heterocycles. The lowest BCUT2D eigenvalue weighted by atomic mass is 10.1. The maximum Gasteiger partial charge on any atom is 0.406 e. The quantitative estimate of drug-likeness (QED) is 0.397. The summed E-state index contributed by atoms with van der Waals surface area (Å²) in [6.07, 6.45) is -0.937. The van der Waals surface area contributed by atoms with Crippen LogP contribution in [0, 0.1) is 11.8 Å². The van der Waals surface area contributed by atoms with Gasteiger partial charge in [-0.2, -0.15) is 0 Å². The van der Waals surface area contributed by atoms with Crippen molar-refractivity contribution in [3.8, 4) is 11.8 Å². The third-order valence-electron chi connectivity index (χ3n) is 1.10. The second-order valence-corrected chi connectivity index (χ2v) is 2.90. The van der Waals surface area contributed by atoms with E-state index in [1.165, 1.54) is 13.8 Å². The topological polar surface area (TPSA) is 78.6 Å². The first kappa shape index (κ1) is 12.3. The largest absolute Gasteiger partial charge is 0.456 e. The van der Waals surface area contributed by atoms with E-state index in [4.69, 9.17) is 5.73 Å². The zero-order valence-electron chi connectivity index (χ0n) is 8.42. The Labute approximate surface area is 82.5 Å². The SMILES string of the molecule is CCOC(=O)C#CC(C)(C)OC(N)=O. The summed E-state index contributed by atoms with van der Waals surface area (Å²) in [5.74, 6) is 3.95. The van der Waals surface area contributed by atoms with E-state index in [0.717, 1.165) is 0 Å². The normalized spacial score (nSPS) is 9.64. The van der Waals surface area contributed by atoms with E-state index in [-0.39, 0.29) is 6.61 Å². The molecule has 1 amide bonds. The lowest BCUT2D eigenvalue weighted by Gasteiger charge is -2.16. The molecule has 0 radical (unpaired) electrons. The fourth-order valence-corrected chi connectivity index (χ4v) is 0.646. The predicted molar refractivity (Wildman–Crippen MR) is 49.2 cm³/mol. The molecule has 0 aliphatic rings. The van der Waals surface area contributed by atoms with Gasteiger partial charge >= 0.3 is 12.1 Å². The molecule has 0 bridgehead atoms. The molecule has 5 nitrogen and oxygen atoms in total. The van der Waals surface area contributed by atoms with Crippen molar-refractivity contribution in [3.05, 3.63) is 0 Å². The molecule has 5 heteroatoms. The summed E-state index contributed by atoms with van der Waals surface area (Å²) < 4.78 is 9.18. The smallest absolute Gasteiger partial charge is 0.406 e. The van der Waals surface area contributed by atoms with Crippen LogP contribution >= 0.6 is 0 Å². The summed E-state index contributed by atoms with van der Waals surface area (Å²) in [5.41, 5.74) is 3.71. The van der Waals surface area contributed by atoms with Crippen molar-refractivity contribution in [3.63, 3.8) is 0 Å². The van der Waals surface area contributed by atoms with Crippen LogP contribution in [0.5, 0.6) is 0 Å². The summed E-state index contributed by atoms with van der Waals surface area (Å²) >= 11 is 0. The molecule has 0 aliphatic heterocycles. The van der Waals surface area contributed by atoms with E-state index in [1.54, 1.807) is 6.92 Å². The maximum atomic E-state index is 10.8. The van der Waals surface area contributed by atoms with Crippen LogP contribution in [0.2, 0.25) is 0 Å². The van der Waals surface area contributed by atoms with Gasteiger partial charge in [0.05, 0.1) is 6.61 Å². The second-order valence-electron chi connectivity index (χ2n) is 2.90. The van der Waals surface area contributed by atoms with Gasteiger partial charge in [0.1, 0.15) is 0 Å². The molecule has 0 aliphatic carbocycles. The molecule has 78 valence electrons. The molecular weight excluding hydrogens is 186 g/mol. The van der Waals surface area contributed by atoms with E-state index < -0.39 is 17.7 Å². The van der Waals surface area contributed by atoms with Crippen molar-refractivity contribution >= 4 is 12.1 Å². The van der Waals surface area contributed by atoms with E-state index in [1.807, 2.05) is 0 Å². The molecule has 0 heterocycles. The monoisotopic (exact) mass is 199 g/mol. The summed E-state index contributed by atoms with van der Waals surface area (Å²) in [6.45, 7) is 4.96. The van der Waals surface area contributed by atoms with E-state index in [2.05, 4.69) is 21.3 Å². The lowest BCUT2D eigenvalue weighted by Crippen LogP contribution is -2.29. The second kappa shape index (κ2) is 5.12. The van der Waals surface area contributed by atoms with Crippen LogP contribution < -0.4 is 5.73 Å². The fraction of sp³-hybridized carbons (Fsp3) is 0.556. The van der Waals surface area contributed by atoms with E-state index in [0.29, 0.717) is 0 Å². The molecule has 2 N–H and O–H groups in total. The van der Waals surface area contributed by atoms with Gasteiger partial charge in [-0.15, -0.1) is 0 Å². The number of hydrogen-bond donors (Lipinski definition) is 1. The molecule has 0 rings (SSSR count). The summed E-state index contributed by atoms with van der Waals surface area (Å²) in [4.78, 5) is 21.2. The standard InChI is InChI=1S/C9H13NO4/c1-4-13-7(11)5-6-9(2,3)14-8(10)12/h4H2,1-3H3,(H2,10,12). The van der Waals surface area contributed by atoms with E-state index in [9.17, 15) is 9.59 Å². The fourth-order valence-electron chi connectivity index (χ4n) is 0.646. The lowest BCUT2D eigenvalue weighted by molar-refractivity contribution is -0.136. The number of nitrogens with two attached hydrogens (primary N) is 1. The first-order valence-corrected chi connectivity index (χ1v) is 4.06. The van der Waals surface area contributed by atoms with Gasteiger partial charge < -0.3 is 15.2 Å². The van der Waals surface area contributed by atoms with Gasteiger partial charge in [-0.05, 0) is 26.7 Å². The summed E-state index contributed by atoms with van der Waals surface area (Å²) in [6, 6.07) is 0. The molecule has 0 fully saturated rings. The molecule has 0 aromatic rings. The number of rotatable bonds is 2. The Morgan fingerprint density at radius 1 is 1.43 bits per heavy atom. The highest BCUT2D eigenvalue weighted by Gasteiger charge is 2.18. The number of carbonyl (C=O) groups excluding carboxylic acids is 2. The van der Waals surface area contributed by atoms with Crippen molar-refractivity contribution < 1.29 is 19.1 Å². The number of ether oxygens (including phenoxy) is 2. The number of hydrogen-bond acceptors (Lipinski definition) is 4. The Morgan fingerprint density at radius 2 is 2.00 bits per heavy atom. The van der Waals surface area contributed by atoms with Gasteiger partial charge in [-0.3, -0.25) is 0 Å². The number of carbonyl (C=O) groups is 2. The summed E-state index contributed by atoms with van der Waals surface area (Å²) in [7, 11) is 0. The van der Waals surface area contributed by atoms with Crippen molar-refractivity contribution in [1.29, 1.82) is 0 Å². The number of amides is 1. The molecule has 0 aromatic heterocycles. The van der Waals surface area contributed by atoms with E-state index >= 15 is 0 Å². The van der Waals surface area contributed by atoms with Crippen LogP contribution in [0.1, 0.15) is 20.8 Å². The highest BCUT2D eigenvalue weighted by Crippen LogP contribution is 2.06. The Kier molecular flexibility index (Phi) is 4.50. The van der Waals surface area contributed by atoms with Crippen LogP contribution in [0.3, 0.4) is 0 Å². The number of esters is 1. The van der Waals surface area contributed by atoms with Crippen LogP contribution in [0.15, 0.2) is 0 Å². The highest BCUT2D eigenvalue weighted by atomic mass is 16.6. The average molecular weight is 199 g/mol. The predicted octanol–water partition coefficient (Wildman–Crippen LogP) is 0.427. The minimum atomic E-state index is -1.08. The Bertz CT molecular complexity index is 285. The van der Waals surface area contributed by atoms with Gasteiger partial charge in [0.15, 0.2) is 5.60 Å². The van der Waals surface area contributed by atoms with Crippen LogP contribution in [0.25, 0.3) is 0 Å². The Hall–Kier alpha value is -1.70.